The Kier molecular flexibility index (Phi) is 10.0. The van der Waals surface area contributed by atoms with Gasteiger partial charge in [0.25, 0.3) is 0 Å². The van der Waals surface area contributed by atoms with Crippen LogP contribution in [0.4, 0.5) is 4.79 Å². The van der Waals surface area contributed by atoms with Crippen LogP contribution in [0.5, 0.6) is 0 Å². The Bertz CT molecular complexity index is 847. The number of carbonyl (C=O) groups is 2. The summed E-state index contributed by atoms with van der Waals surface area (Å²) >= 11 is 5.83. The number of hydrogen-bond acceptors (Lipinski definition) is 6. The van der Waals surface area contributed by atoms with Crippen LogP contribution in [-0.4, -0.2) is 37.7 Å². The maximum absolute atomic E-state index is 12.5. The van der Waals surface area contributed by atoms with E-state index in [1.807, 2.05) is 60.7 Å². The Hall–Kier alpha value is -2.21. The van der Waals surface area contributed by atoms with E-state index in [4.69, 9.17) is 25.8 Å². The number of amides is 1. The molecule has 2 aromatic rings. The van der Waals surface area contributed by atoms with Crippen molar-refractivity contribution in [2.45, 2.75) is 32.2 Å². The van der Waals surface area contributed by atoms with Crippen LogP contribution in [0, 0.1) is 0 Å². The third-order valence-corrected chi connectivity index (χ3v) is 8.97. The molecule has 6 nitrogen and oxygen atoms in total. The van der Waals surface area contributed by atoms with E-state index in [1.165, 1.54) is 7.11 Å². The van der Waals surface area contributed by atoms with Crippen molar-refractivity contribution in [3.05, 3.63) is 71.8 Å². The van der Waals surface area contributed by atoms with Crippen LogP contribution in [0.3, 0.4) is 0 Å². The average Bonchev–Trinajstić information content (AvgIpc) is 2.77. The zero-order valence-electron chi connectivity index (χ0n) is 17.3. The van der Waals surface area contributed by atoms with Gasteiger partial charge in [0.15, 0.2) is 0 Å². The van der Waals surface area contributed by atoms with Crippen LogP contribution in [0.25, 0.3) is 0 Å². The molecule has 0 aliphatic heterocycles. The molecule has 0 spiro atoms. The fraction of sp³-hybridized carbons (Fsp3) is 0.364. The highest BCUT2D eigenvalue weighted by molar-refractivity contribution is 8.12. The molecule has 0 saturated carbocycles. The van der Waals surface area contributed by atoms with E-state index < -0.39 is 18.1 Å². The van der Waals surface area contributed by atoms with E-state index in [0.717, 1.165) is 11.1 Å². The molecule has 2 rings (SSSR count). The first-order valence-corrected chi connectivity index (χ1v) is 12.8. The third-order valence-electron chi connectivity index (χ3n) is 4.49. The highest BCUT2D eigenvalue weighted by atomic mass is 32.4. The molecule has 0 radical (unpaired) electrons. The van der Waals surface area contributed by atoms with Gasteiger partial charge in [-0.3, -0.25) is 4.79 Å². The summed E-state index contributed by atoms with van der Waals surface area (Å²) in [5.74, 6) is -0.800. The number of rotatable bonds is 11. The monoisotopic (exact) mass is 449 g/mol. The molecule has 2 aromatic carbocycles. The fourth-order valence-electron chi connectivity index (χ4n) is 2.88. The van der Waals surface area contributed by atoms with E-state index in [0.29, 0.717) is 19.2 Å². The molecule has 162 valence electrons. The van der Waals surface area contributed by atoms with Crippen LogP contribution < -0.4 is 5.32 Å². The van der Waals surface area contributed by atoms with Crippen LogP contribution in [0.15, 0.2) is 60.7 Å². The number of benzene rings is 2. The van der Waals surface area contributed by atoms with Gasteiger partial charge in [-0.05, 0) is 24.5 Å². The van der Waals surface area contributed by atoms with Gasteiger partial charge in [0.2, 0.25) is 0 Å². The summed E-state index contributed by atoms with van der Waals surface area (Å²) in [5.41, 5.74) is 1.90. The van der Waals surface area contributed by atoms with Crippen LogP contribution in [-0.2, 0) is 43.6 Å². The van der Waals surface area contributed by atoms with E-state index in [2.05, 4.69) is 5.32 Å². The SMILES string of the molecule is CCOC(=O)CCP(=S)(OC)C(Cc1ccccc1)NC(=O)OCc1ccccc1. The summed E-state index contributed by atoms with van der Waals surface area (Å²) in [6, 6.07) is 19.1. The maximum Gasteiger partial charge on any atom is 0.408 e. The smallest absolute Gasteiger partial charge is 0.408 e. The van der Waals surface area contributed by atoms with Crippen molar-refractivity contribution in [3.63, 3.8) is 0 Å². The number of nitrogens with one attached hydrogen (secondary N) is 1. The van der Waals surface area contributed by atoms with Crippen LogP contribution in [0.2, 0.25) is 0 Å². The van der Waals surface area contributed by atoms with Crippen molar-refractivity contribution in [2.75, 3.05) is 19.9 Å². The van der Waals surface area contributed by atoms with E-state index in [1.54, 1.807) is 6.92 Å². The molecule has 0 aliphatic carbocycles. The lowest BCUT2D eigenvalue weighted by Gasteiger charge is -2.30. The third kappa shape index (κ3) is 7.90. The van der Waals surface area contributed by atoms with E-state index in [9.17, 15) is 9.59 Å². The van der Waals surface area contributed by atoms with Gasteiger partial charge in [-0.2, -0.15) is 0 Å². The van der Waals surface area contributed by atoms with Crippen molar-refractivity contribution in [1.82, 2.24) is 5.32 Å². The Morgan fingerprint density at radius 2 is 1.60 bits per heavy atom. The molecule has 1 amide bonds. The second-order valence-electron chi connectivity index (χ2n) is 6.60. The van der Waals surface area contributed by atoms with Gasteiger partial charge in [0.05, 0.1) is 25.1 Å². The predicted molar refractivity (Wildman–Crippen MR) is 121 cm³/mol. The molecule has 0 bridgehead atoms. The summed E-state index contributed by atoms with van der Waals surface area (Å²) in [6.45, 7) is 2.22. The molecule has 0 aromatic heterocycles. The van der Waals surface area contributed by atoms with Crippen LogP contribution in [0.1, 0.15) is 24.5 Å². The summed E-state index contributed by atoms with van der Waals surface area (Å²) < 4.78 is 16.1. The molecular formula is C22H28NO5PS. The molecule has 1 N–H and O–H groups in total. The number of alkyl carbamates (subject to hydrolysis) is 1. The highest BCUT2D eigenvalue weighted by Gasteiger charge is 2.31. The lowest BCUT2D eigenvalue weighted by atomic mass is 10.1. The minimum Gasteiger partial charge on any atom is -0.466 e. The summed E-state index contributed by atoms with van der Waals surface area (Å²) in [6.07, 6.45) is -2.20. The fourth-order valence-corrected chi connectivity index (χ4v) is 5.57. The van der Waals surface area contributed by atoms with Crippen molar-refractivity contribution >= 4 is 30.1 Å². The normalized spacial score (nSPS) is 13.7. The van der Waals surface area contributed by atoms with Gasteiger partial charge in [-0.15, -0.1) is 0 Å². The van der Waals surface area contributed by atoms with Gasteiger partial charge in [-0.1, -0.05) is 72.5 Å². The molecule has 0 aliphatic rings. The first-order chi connectivity index (χ1) is 14.5. The van der Waals surface area contributed by atoms with Crippen LogP contribution >= 0.6 is 6.26 Å². The Labute approximate surface area is 183 Å². The van der Waals surface area contributed by atoms with Crippen molar-refractivity contribution in [1.29, 1.82) is 0 Å². The molecule has 0 fully saturated rings. The molecule has 8 heteroatoms. The quantitative estimate of drug-likeness (QED) is 0.403. The summed E-state index contributed by atoms with van der Waals surface area (Å²) in [5, 5.41) is 2.89. The first-order valence-electron chi connectivity index (χ1n) is 9.78. The lowest BCUT2D eigenvalue weighted by molar-refractivity contribution is -0.142. The molecule has 2 atom stereocenters. The largest absolute Gasteiger partial charge is 0.466 e. The van der Waals surface area contributed by atoms with Gasteiger partial charge in [0, 0.05) is 13.3 Å². The van der Waals surface area contributed by atoms with Gasteiger partial charge in [-0.25, -0.2) is 4.79 Å². The maximum atomic E-state index is 12.5. The first kappa shape index (κ1) is 24.1. The summed E-state index contributed by atoms with van der Waals surface area (Å²) in [4.78, 5) is 24.4. The second kappa shape index (κ2) is 12.5. The zero-order chi connectivity index (χ0) is 21.8. The van der Waals surface area contributed by atoms with Gasteiger partial charge < -0.3 is 19.3 Å². The zero-order valence-corrected chi connectivity index (χ0v) is 19.0. The van der Waals surface area contributed by atoms with Crippen molar-refractivity contribution in [2.24, 2.45) is 0 Å². The molecular weight excluding hydrogens is 421 g/mol. The average molecular weight is 450 g/mol. The number of esters is 1. The molecule has 2 unspecified atom stereocenters. The van der Waals surface area contributed by atoms with Crippen molar-refractivity contribution in [3.8, 4) is 0 Å². The minimum atomic E-state index is -2.58. The van der Waals surface area contributed by atoms with Gasteiger partial charge in [0.1, 0.15) is 6.61 Å². The van der Waals surface area contributed by atoms with E-state index >= 15 is 0 Å². The summed E-state index contributed by atoms with van der Waals surface area (Å²) in [7, 11) is 1.53. The number of hydrogen-bond donors (Lipinski definition) is 1. The highest BCUT2D eigenvalue weighted by Crippen LogP contribution is 2.52. The van der Waals surface area contributed by atoms with Gasteiger partial charge >= 0.3 is 12.1 Å². The number of ether oxygens (including phenoxy) is 2. The number of carbonyl (C=O) groups excluding carboxylic acids is 2. The molecule has 0 saturated heterocycles. The molecule has 30 heavy (non-hydrogen) atoms. The Balaban J connectivity index is 2.10. The standard InChI is InChI=1S/C22H28NO5PS/c1-3-27-21(24)14-15-29(30,26-2)20(16-18-10-6-4-7-11-18)23-22(25)28-17-19-12-8-5-9-13-19/h4-13,20H,3,14-17H2,1-2H3,(H,23,25). The Morgan fingerprint density at radius 3 is 2.17 bits per heavy atom. The predicted octanol–water partition coefficient (Wildman–Crippen LogP) is 4.48. The van der Waals surface area contributed by atoms with Crippen molar-refractivity contribution < 1.29 is 23.6 Å². The second-order valence-corrected chi connectivity index (χ2v) is 11.3. The Morgan fingerprint density at radius 1 is 1.00 bits per heavy atom. The molecule has 0 heterocycles. The topological polar surface area (TPSA) is 73.9 Å². The lowest BCUT2D eigenvalue weighted by Crippen LogP contribution is -2.38. The minimum absolute atomic E-state index is 0.144. The van der Waals surface area contributed by atoms with E-state index in [-0.39, 0.29) is 19.0 Å².